The molecule has 3 aromatic rings. The van der Waals surface area contributed by atoms with E-state index in [2.05, 4.69) is 26.6 Å². The van der Waals surface area contributed by atoms with Crippen molar-refractivity contribution in [3.63, 3.8) is 0 Å². The summed E-state index contributed by atoms with van der Waals surface area (Å²) in [5.74, 6) is 0.0787. The molecule has 2 N–H and O–H groups in total. The summed E-state index contributed by atoms with van der Waals surface area (Å²) in [6.07, 6.45) is 0.474. The second kappa shape index (κ2) is 13.1. The van der Waals surface area contributed by atoms with Crippen LogP contribution in [0.3, 0.4) is 0 Å². The lowest BCUT2D eigenvalue weighted by Crippen LogP contribution is -2.21. The number of aryl methyl sites for hydroxylation is 2. The molecule has 0 bridgehead atoms. The van der Waals surface area contributed by atoms with Gasteiger partial charge < -0.3 is 20.1 Å². The summed E-state index contributed by atoms with van der Waals surface area (Å²) in [5, 5.41) is 6.11. The molecule has 9 heteroatoms. The number of hydrogen-bond acceptors (Lipinski definition) is 5. The fraction of sp³-hybridized carbons (Fsp3) is 0.222. The topological polar surface area (TPSA) is 93.7 Å². The van der Waals surface area contributed by atoms with Crippen molar-refractivity contribution in [3.8, 4) is 11.5 Å². The minimum Gasteiger partial charge on any atom is -0.457 e. The molecule has 0 saturated heterocycles. The van der Waals surface area contributed by atoms with Crippen LogP contribution in [0, 0.1) is 13.8 Å². The predicted molar refractivity (Wildman–Crippen MR) is 144 cm³/mol. The van der Waals surface area contributed by atoms with E-state index in [1.54, 1.807) is 48.5 Å². The van der Waals surface area contributed by atoms with Crippen LogP contribution in [0.25, 0.3) is 0 Å². The standard InChI is InChI=1S/C27H26BrClN2O5/c1-17-14-21(15-18(2)27(17)28)31-25(33)16-35-26(34)5-3-4-24(32)30-20-8-12-23(13-9-20)36-22-10-6-19(29)7-11-22/h6-15H,3-5,16H2,1-2H3,(H,30,32)(H,31,33). The fourth-order valence-corrected chi connectivity index (χ4v) is 3.65. The molecule has 2 amide bonds. The third-order valence-electron chi connectivity index (χ3n) is 5.06. The van der Waals surface area contributed by atoms with Crippen molar-refractivity contribution < 1.29 is 23.9 Å². The molecule has 3 aromatic carbocycles. The van der Waals surface area contributed by atoms with Crippen molar-refractivity contribution in [1.29, 1.82) is 0 Å². The number of nitrogens with one attached hydrogen (secondary N) is 2. The van der Waals surface area contributed by atoms with Crippen LogP contribution >= 0.6 is 27.5 Å². The van der Waals surface area contributed by atoms with Gasteiger partial charge in [-0.1, -0.05) is 27.5 Å². The maximum absolute atomic E-state index is 12.2. The van der Waals surface area contributed by atoms with Crippen LogP contribution in [0.5, 0.6) is 11.5 Å². The van der Waals surface area contributed by atoms with E-state index in [1.165, 1.54) is 0 Å². The number of carbonyl (C=O) groups is 3. The summed E-state index contributed by atoms with van der Waals surface area (Å²) in [6.45, 7) is 3.47. The van der Waals surface area contributed by atoms with E-state index in [0.717, 1.165) is 15.6 Å². The normalized spacial score (nSPS) is 10.4. The Hall–Kier alpha value is -3.36. The highest BCUT2D eigenvalue weighted by atomic mass is 79.9. The molecule has 7 nitrogen and oxygen atoms in total. The van der Waals surface area contributed by atoms with E-state index in [-0.39, 0.29) is 25.4 Å². The van der Waals surface area contributed by atoms with Crippen molar-refractivity contribution in [2.75, 3.05) is 17.2 Å². The zero-order valence-electron chi connectivity index (χ0n) is 19.9. The third-order valence-corrected chi connectivity index (χ3v) is 6.56. The average molecular weight is 574 g/mol. The highest BCUT2D eigenvalue weighted by molar-refractivity contribution is 9.10. The van der Waals surface area contributed by atoms with Gasteiger partial charge in [0.2, 0.25) is 5.91 Å². The van der Waals surface area contributed by atoms with Gasteiger partial charge in [-0.2, -0.15) is 0 Å². The van der Waals surface area contributed by atoms with E-state index >= 15 is 0 Å². The van der Waals surface area contributed by atoms with Gasteiger partial charge in [-0.15, -0.1) is 0 Å². The second-order valence-electron chi connectivity index (χ2n) is 8.11. The highest BCUT2D eigenvalue weighted by Crippen LogP contribution is 2.26. The Morgan fingerprint density at radius 3 is 1.97 bits per heavy atom. The van der Waals surface area contributed by atoms with Crippen LogP contribution in [-0.2, 0) is 19.1 Å². The number of anilines is 2. The molecule has 0 aliphatic carbocycles. The molecule has 0 saturated carbocycles. The lowest BCUT2D eigenvalue weighted by molar-refractivity contribution is -0.147. The second-order valence-corrected chi connectivity index (χ2v) is 9.34. The van der Waals surface area contributed by atoms with Gasteiger partial charge in [-0.3, -0.25) is 14.4 Å². The van der Waals surface area contributed by atoms with Crippen molar-refractivity contribution in [3.05, 3.63) is 81.3 Å². The van der Waals surface area contributed by atoms with Crippen LogP contribution in [-0.4, -0.2) is 24.4 Å². The quantitative estimate of drug-likeness (QED) is 0.260. The number of ether oxygens (including phenoxy) is 2. The van der Waals surface area contributed by atoms with Gasteiger partial charge in [-0.05, 0) is 92.1 Å². The van der Waals surface area contributed by atoms with Crippen LogP contribution in [0.15, 0.2) is 65.1 Å². The van der Waals surface area contributed by atoms with Crippen molar-refractivity contribution in [2.45, 2.75) is 33.1 Å². The highest BCUT2D eigenvalue weighted by Gasteiger charge is 2.11. The lowest BCUT2D eigenvalue weighted by Gasteiger charge is -2.10. The van der Waals surface area contributed by atoms with Gasteiger partial charge in [0.15, 0.2) is 6.61 Å². The molecular formula is C27H26BrClN2O5. The van der Waals surface area contributed by atoms with E-state index in [4.69, 9.17) is 21.1 Å². The molecule has 36 heavy (non-hydrogen) atoms. The molecule has 0 unspecified atom stereocenters. The smallest absolute Gasteiger partial charge is 0.306 e. The fourth-order valence-electron chi connectivity index (χ4n) is 3.30. The number of esters is 1. The first-order chi connectivity index (χ1) is 17.2. The van der Waals surface area contributed by atoms with Crippen LogP contribution < -0.4 is 15.4 Å². The lowest BCUT2D eigenvalue weighted by atomic mass is 10.1. The first-order valence-corrected chi connectivity index (χ1v) is 12.4. The Balaban J connectivity index is 1.34. The van der Waals surface area contributed by atoms with Gasteiger partial charge in [0, 0.05) is 33.7 Å². The number of hydrogen-bond donors (Lipinski definition) is 2. The average Bonchev–Trinajstić information content (AvgIpc) is 2.84. The molecule has 188 valence electrons. The largest absolute Gasteiger partial charge is 0.457 e. The summed E-state index contributed by atoms with van der Waals surface area (Å²) < 4.78 is 11.7. The molecule has 0 fully saturated rings. The maximum Gasteiger partial charge on any atom is 0.306 e. The van der Waals surface area contributed by atoms with E-state index in [1.807, 2.05) is 26.0 Å². The summed E-state index contributed by atoms with van der Waals surface area (Å²) in [4.78, 5) is 36.2. The number of amides is 2. The van der Waals surface area contributed by atoms with Gasteiger partial charge in [0.1, 0.15) is 11.5 Å². The van der Waals surface area contributed by atoms with Crippen molar-refractivity contribution >= 4 is 56.7 Å². The van der Waals surface area contributed by atoms with Gasteiger partial charge in [0.25, 0.3) is 5.91 Å². The SMILES string of the molecule is Cc1cc(NC(=O)COC(=O)CCCC(=O)Nc2ccc(Oc3ccc(Cl)cc3)cc2)cc(C)c1Br. The summed E-state index contributed by atoms with van der Waals surface area (Å²) in [6, 6.07) is 17.6. The Bertz CT molecular complexity index is 1210. The molecule has 0 heterocycles. The Morgan fingerprint density at radius 2 is 1.36 bits per heavy atom. The van der Waals surface area contributed by atoms with Crippen LogP contribution in [0.4, 0.5) is 11.4 Å². The van der Waals surface area contributed by atoms with Gasteiger partial charge in [-0.25, -0.2) is 0 Å². The third kappa shape index (κ3) is 8.70. The summed E-state index contributed by atoms with van der Waals surface area (Å²) in [5.41, 5.74) is 3.22. The Morgan fingerprint density at radius 1 is 0.806 bits per heavy atom. The first kappa shape index (κ1) is 27.2. The van der Waals surface area contributed by atoms with Crippen molar-refractivity contribution in [1.82, 2.24) is 0 Å². The number of halogens is 2. The zero-order valence-corrected chi connectivity index (χ0v) is 22.2. The maximum atomic E-state index is 12.2. The van der Waals surface area contributed by atoms with Crippen molar-refractivity contribution in [2.24, 2.45) is 0 Å². The molecule has 0 spiro atoms. The minimum atomic E-state index is -0.537. The van der Waals surface area contributed by atoms with Crippen LogP contribution in [0.1, 0.15) is 30.4 Å². The summed E-state index contributed by atoms with van der Waals surface area (Å²) >= 11 is 9.35. The Labute approximate surface area is 223 Å². The summed E-state index contributed by atoms with van der Waals surface area (Å²) in [7, 11) is 0. The molecule has 0 radical (unpaired) electrons. The molecule has 0 aliphatic rings. The monoisotopic (exact) mass is 572 g/mol. The molecule has 0 atom stereocenters. The van der Waals surface area contributed by atoms with E-state index in [0.29, 0.717) is 34.3 Å². The number of rotatable bonds is 10. The van der Waals surface area contributed by atoms with E-state index < -0.39 is 11.9 Å². The Kier molecular flexibility index (Phi) is 9.90. The molecular weight excluding hydrogens is 548 g/mol. The van der Waals surface area contributed by atoms with Gasteiger partial charge in [0.05, 0.1) is 0 Å². The van der Waals surface area contributed by atoms with Gasteiger partial charge >= 0.3 is 5.97 Å². The van der Waals surface area contributed by atoms with E-state index in [9.17, 15) is 14.4 Å². The first-order valence-electron chi connectivity index (χ1n) is 11.2. The van der Waals surface area contributed by atoms with Crippen LogP contribution in [0.2, 0.25) is 5.02 Å². The number of carbonyl (C=O) groups excluding carboxylic acids is 3. The number of benzene rings is 3. The molecule has 3 rings (SSSR count). The zero-order chi connectivity index (χ0) is 26.1. The minimum absolute atomic E-state index is 0.0328. The molecule has 0 aromatic heterocycles. The predicted octanol–water partition coefficient (Wildman–Crippen LogP) is 6.80. The molecule has 0 aliphatic heterocycles.